The molecule has 0 aliphatic carbocycles. The topological polar surface area (TPSA) is 34.4 Å². The van der Waals surface area contributed by atoms with E-state index in [0.29, 0.717) is 18.2 Å². The highest BCUT2D eigenvalue weighted by molar-refractivity contribution is 9.10. The van der Waals surface area contributed by atoms with E-state index in [1.54, 1.807) is 12.3 Å². The highest BCUT2D eigenvalue weighted by atomic mass is 79.9. The minimum Gasteiger partial charge on any atom is -0.488 e. The standard InChI is InChI=1S/C14H15BrClNO2/c1-2-17-8-14-10(5-6-18-14)9-19-13-4-3-11(16)7-12(13)15/h3-7,17H,2,8-9H2,1H3. The monoisotopic (exact) mass is 343 g/mol. The predicted molar refractivity (Wildman–Crippen MR) is 79.6 cm³/mol. The number of ether oxygens (including phenoxy) is 1. The Hall–Kier alpha value is -0.970. The van der Waals surface area contributed by atoms with Gasteiger partial charge in [0, 0.05) is 10.6 Å². The number of halogens is 2. The van der Waals surface area contributed by atoms with Gasteiger partial charge in [-0.05, 0) is 46.7 Å². The third-order valence-corrected chi connectivity index (χ3v) is 3.51. The SMILES string of the molecule is CCNCc1occc1COc1ccc(Cl)cc1Br. The van der Waals surface area contributed by atoms with E-state index < -0.39 is 0 Å². The van der Waals surface area contributed by atoms with Gasteiger partial charge in [-0.15, -0.1) is 0 Å². The molecule has 1 aromatic heterocycles. The van der Waals surface area contributed by atoms with Crippen molar-refractivity contribution in [1.29, 1.82) is 0 Å². The average Bonchev–Trinajstić information content (AvgIpc) is 2.83. The van der Waals surface area contributed by atoms with Crippen LogP contribution in [0.25, 0.3) is 0 Å². The van der Waals surface area contributed by atoms with E-state index in [4.69, 9.17) is 20.8 Å². The molecule has 1 N–H and O–H groups in total. The van der Waals surface area contributed by atoms with Gasteiger partial charge < -0.3 is 14.5 Å². The van der Waals surface area contributed by atoms with E-state index >= 15 is 0 Å². The van der Waals surface area contributed by atoms with Crippen LogP contribution in [0.4, 0.5) is 0 Å². The first-order chi connectivity index (χ1) is 9.20. The number of hydrogen-bond donors (Lipinski definition) is 1. The molecule has 0 spiro atoms. The van der Waals surface area contributed by atoms with Crippen molar-refractivity contribution in [3.8, 4) is 5.75 Å². The van der Waals surface area contributed by atoms with Crippen molar-refractivity contribution in [2.45, 2.75) is 20.1 Å². The number of furan rings is 1. The van der Waals surface area contributed by atoms with Crippen molar-refractivity contribution in [1.82, 2.24) is 5.32 Å². The van der Waals surface area contributed by atoms with Crippen molar-refractivity contribution in [3.63, 3.8) is 0 Å². The molecule has 3 nitrogen and oxygen atoms in total. The molecule has 2 rings (SSSR count). The number of rotatable bonds is 6. The van der Waals surface area contributed by atoms with Gasteiger partial charge >= 0.3 is 0 Å². The maximum Gasteiger partial charge on any atom is 0.134 e. The second-order valence-corrected chi connectivity index (χ2v) is 5.30. The third-order valence-electron chi connectivity index (χ3n) is 2.65. The maximum atomic E-state index is 5.89. The van der Waals surface area contributed by atoms with Crippen LogP contribution < -0.4 is 10.1 Å². The van der Waals surface area contributed by atoms with Gasteiger partial charge in [-0.2, -0.15) is 0 Å². The van der Waals surface area contributed by atoms with Crippen molar-refractivity contribution < 1.29 is 9.15 Å². The lowest BCUT2D eigenvalue weighted by Crippen LogP contribution is -2.12. The minimum absolute atomic E-state index is 0.470. The Labute approximate surface area is 126 Å². The molecule has 0 amide bonds. The summed E-state index contributed by atoms with van der Waals surface area (Å²) in [6.45, 7) is 4.15. The van der Waals surface area contributed by atoms with Crippen LogP contribution in [0.2, 0.25) is 5.02 Å². The lowest BCUT2D eigenvalue weighted by atomic mass is 10.2. The molecule has 19 heavy (non-hydrogen) atoms. The normalized spacial score (nSPS) is 10.7. The third kappa shape index (κ3) is 4.00. The molecule has 0 fully saturated rings. The predicted octanol–water partition coefficient (Wildman–Crippen LogP) is 4.38. The lowest BCUT2D eigenvalue weighted by molar-refractivity contribution is 0.299. The highest BCUT2D eigenvalue weighted by Crippen LogP contribution is 2.28. The van der Waals surface area contributed by atoms with Crippen molar-refractivity contribution in [3.05, 3.63) is 51.3 Å². The quantitative estimate of drug-likeness (QED) is 0.844. The highest BCUT2D eigenvalue weighted by Gasteiger charge is 2.08. The molecule has 0 atom stereocenters. The zero-order valence-corrected chi connectivity index (χ0v) is 12.9. The van der Waals surface area contributed by atoms with Gasteiger partial charge in [0.05, 0.1) is 17.3 Å². The molecule has 5 heteroatoms. The van der Waals surface area contributed by atoms with Crippen molar-refractivity contribution >= 4 is 27.5 Å². The Morgan fingerprint density at radius 3 is 2.95 bits per heavy atom. The Morgan fingerprint density at radius 2 is 2.21 bits per heavy atom. The summed E-state index contributed by atoms with van der Waals surface area (Å²) in [5.41, 5.74) is 1.04. The molecule has 0 saturated carbocycles. The van der Waals surface area contributed by atoms with Gasteiger partial charge in [-0.1, -0.05) is 18.5 Å². The molecule has 0 radical (unpaired) electrons. The number of hydrogen-bond acceptors (Lipinski definition) is 3. The fourth-order valence-corrected chi connectivity index (χ4v) is 2.43. The minimum atomic E-state index is 0.470. The largest absolute Gasteiger partial charge is 0.488 e. The zero-order chi connectivity index (χ0) is 13.7. The Kier molecular flexibility index (Phi) is 5.31. The summed E-state index contributed by atoms with van der Waals surface area (Å²) in [4.78, 5) is 0. The van der Waals surface area contributed by atoms with Crippen LogP contribution in [0.3, 0.4) is 0 Å². The molecule has 1 heterocycles. The summed E-state index contributed by atoms with van der Waals surface area (Å²) >= 11 is 9.32. The van der Waals surface area contributed by atoms with E-state index in [1.165, 1.54) is 0 Å². The summed E-state index contributed by atoms with van der Waals surface area (Å²) in [5.74, 6) is 1.67. The van der Waals surface area contributed by atoms with Crippen LogP contribution in [-0.2, 0) is 13.2 Å². The first-order valence-corrected chi connectivity index (χ1v) is 7.21. The fraction of sp³-hybridized carbons (Fsp3) is 0.286. The second-order valence-electron chi connectivity index (χ2n) is 4.01. The molecule has 102 valence electrons. The molecule has 0 bridgehead atoms. The molecule has 0 aliphatic rings. The van der Waals surface area contributed by atoms with Crippen LogP contribution in [-0.4, -0.2) is 6.54 Å². The van der Waals surface area contributed by atoms with Gasteiger partial charge in [0.15, 0.2) is 0 Å². The average molecular weight is 345 g/mol. The Bertz CT molecular complexity index is 542. The lowest BCUT2D eigenvalue weighted by Gasteiger charge is -2.08. The molecular weight excluding hydrogens is 330 g/mol. The van der Waals surface area contributed by atoms with Crippen LogP contribution >= 0.6 is 27.5 Å². The first-order valence-electron chi connectivity index (χ1n) is 6.04. The van der Waals surface area contributed by atoms with E-state index in [9.17, 15) is 0 Å². The molecular formula is C14H15BrClNO2. The molecule has 0 unspecified atom stereocenters. The summed E-state index contributed by atoms with van der Waals surface area (Å²) < 4.78 is 12.0. The summed E-state index contributed by atoms with van der Waals surface area (Å²) in [6, 6.07) is 7.38. The zero-order valence-electron chi connectivity index (χ0n) is 10.6. The van der Waals surface area contributed by atoms with Crippen molar-refractivity contribution in [2.24, 2.45) is 0 Å². The van der Waals surface area contributed by atoms with Crippen molar-refractivity contribution in [2.75, 3.05) is 6.54 Å². The Morgan fingerprint density at radius 1 is 1.37 bits per heavy atom. The van der Waals surface area contributed by atoms with Crippen LogP contribution in [0.15, 0.2) is 39.4 Å². The Balaban J connectivity index is 2.00. The smallest absolute Gasteiger partial charge is 0.134 e. The van der Waals surface area contributed by atoms with Crippen LogP contribution in [0.5, 0.6) is 5.75 Å². The van der Waals surface area contributed by atoms with Crippen LogP contribution in [0, 0.1) is 0 Å². The summed E-state index contributed by atoms with van der Waals surface area (Å²) in [6.07, 6.45) is 1.68. The number of nitrogens with one attached hydrogen (secondary N) is 1. The van der Waals surface area contributed by atoms with Gasteiger partial charge in [0.25, 0.3) is 0 Å². The van der Waals surface area contributed by atoms with Gasteiger partial charge in [0.1, 0.15) is 18.1 Å². The molecule has 1 aromatic carbocycles. The van der Waals surface area contributed by atoms with E-state index in [1.807, 2.05) is 18.2 Å². The van der Waals surface area contributed by atoms with Gasteiger partial charge in [0.2, 0.25) is 0 Å². The number of benzene rings is 1. The van der Waals surface area contributed by atoms with E-state index in [0.717, 1.165) is 28.1 Å². The summed E-state index contributed by atoms with van der Waals surface area (Å²) in [5, 5.41) is 3.91. The van der Waals surface area contributed by atoms with Crippen LogP contribution in [0.1, 0.15) is 18.2 Å². The van der Waals surface area contributed by atoms with Gasteiger partial charge in [-0.3, -0.25) is 0 Å². The molecule has 0 aliphatic heterocycles. The van der Waals surface area contributed by atoms with E-state index in [-0.39, 0.29) is 0 Å². The maximum absolute atomic E-state index is 5.89. The van der Waals surface area contributed by atoms with Gasteiger partial charge in [-0.25, -0.2) is 0 Å². The first kappa shape index (κ1) is 14.4. The fourth-order valence-electron chi connectivity index (χ4n) is 1.64. The van der Waals surface area contributed by atoms with E-state index in [2.05, 4.69) is 28.2 Å². The summed E-state index contributed by atoms with van der Waals surface area (Å²) in [7, 11) is 0. The second kappa shape index (κ2) is 6.98. The molecule has 2 aromatic rings. The molecule has 0 saturated heterocycles.